The van der Waals surface area contributed by atoms with Crippen LogP contribution < -0.4 is 4.74 Å². The van der Waals surface area contributed by atoms with Crippen LogP contribution in [0.4, 0.5) is 0 Å². The van der Waals surface area contributed by atoms with Crippen molar-refractivity contribution in [2.24, 2.45) is 0 Å². The van der Waals surface area contributed by atoms with Crippen molar-refractivity contribution >= 4 is 11.3 Å². The summed E-state index contributed by atoms with van der Waals surface area (Å²) >= 11 is 1.62. The monoisotopic (exact) mass is 242 g/mol. The molecule has 0 saturated carbocycles. The largest absolute Gasteiger partial charge is 0.457 e. The maximum atomic E-state index is 5.68. The quantitative estimate of drug-likeness (QED) is 0.699. The second kappa shape index (κ2) is 4.43. The lowest BCUT2D eigenvalue weighted by Crippen LogP contribution is -1.89. The Labute approximate surface area is 103 Å². The average Bonchev–Trinajstić information content (AvgIpc) is 3.01. The highest BCUT2D eigenvalue weighted by molar-refractivity contribution is 7.08. The molecule has 0 saturated heterocycles. The summed E-state index contributed by atoms with van der Waals surface area (Å²) in [4.78, 5) is 4.01. The van der Waals surface area contributed by atoms with Crippen LogP contribution in [0.5, 0.6) is 11.5 Å². The predicted octanol–water partition coefficient (Wildman–Crippen LogP) is 3.73. The lowest BCUT2D eigenvalue weighted by molar-refractivity contribution is 0.485. The smallest absolute Gasteiger partial charge is 0.138 e. The Morgan fingerprint density at radius 1 is 1.06 bits per heavy atom. The summed E-state index contributed by atoms with van der Waals surface area (Å²) in [5, 5.41) is 3.97. The van der Waals surface area contributed by atoms with Gasteiger partial charge in [-0.15, -0.1) is 11.3 Å². The highest BCUT2D eigenvalue weighted by Crippen LogP contribution is 2.24. The second-order valence-corrected chi connectivity index (χ2v) is 4.31. The molecule has 84 valence electrons. The van der Waals surface area contributed by atoms with Crippen LogP contribution in [0.2, 0.25) is 0 Å². The van der Waals surface area contributed by atoms with E-state index < -0.39 is 0 Å². The summed E-state index contributed by atoms with van der Waals surface area (Å²) in [5.41, 5.74) is 1.07. The first kappa shape index (κ1) is 10.1. The Bertz CT molecular complexity index is 570. The SMILES string of the molecule is c1cn(-c2ccc(Oc3ccsc3)cc2)cn1. The van der Waals surface area contributed by atoms with E-state index in [9.17, 15) is 0 Å². The molecule has 0 N–H and O–H groups in total. The van der Waals surface area contributed by atoms with E-state index in [0.717, 1.165) is 17.2 Å². The molecule has 0 aliphatic carbocycles. The summed E-state index contributed by atoms with van der Waals surface area (Å²) in [7, 11) is 0. The first-order valence-electron chi connectivity index (χ1n) is 5.20. The van der Waals surface area contributed by atoms with Crippen LogP contribution in [0, 0.1) is 0 Å². The van der Waals surface area contributed by atoms with E-state index in [-0.39, 0.29) is 0 Å². The molecule has 2 heterocycles. The minimum Gasteiger partial charge on any atom is -0.457 e. The first-order valence-corrected chi connectivity index (χ1v) is 6.14. The number of thiophene rings is 1. The first-order chi connectivity index (χ1) is 8.42. The third-order valence-electron chi connectivity index (χ3n) is 2.37. The van der Waals surface area contributed by atoms with Crippen LogP contribution in [0.1, 0.15) is 0 Å². The summed E-state index contributed by atoms with van der Waals surface area (Å²) in [6.07, 6.45) is 5.44. The van der Waals surface area contributed by atoms with E-state index in [1.54, 1.807) is 23.9 Å². The van der Waals surface area contributed by atoms with Gasteiger partial charge in [-0.05, 0) is 35.7 Å². The van der Waals surface area contributed by atoms with Gasteiger partial charge in [-0.1, -0.05) is 0 Å². The van der Waals surface area contributed by atoms with Crippen LogP contribution in [0.15, 0.2) is 59.8 Å². The summed E-state index contributed by atoms with van der Waals surface area (Å²) in [6, 6.07) is 9.86. The molecule has 0 atom stereocenters. The summed E-state index contributed by atoms with van der Waals surface area (Å²) in [6.45, 7) is 0. The molecule has 0 aliphatic rings. The number of nitrogens with zero attached hydrogens (tertiary/aromatic N) is 2. The van der Waals surface area contributed by atoms with Gasteiger partial charge in [0.15, 0.2) is 0 Å². The van der Waals surface area contributed by atoms with Crippen molar-refractivity contribution in [2.45, 2.75) is 0 Å². The van der Waals surface area contributed by atoms with Gasteiger partial charge in [0, 0.05) is 23.5 Å². The van der Waals surface area contributed by atoms with Crippen LogP contribution in [0.3, 0.4) is 0 Å². The molecule has 17 heavy (non-hydrogen) atoms. The van der Waals surface area contributed by atoms with Crippen LogP contribution in [-0.4, -0.2) is 9.55 Å². The molecule has 0 radical (unpaired) electrons. The van der Waals surface area contributed by atoms with Crippen molar-refractivity contribution in [1.29, 1.82) is 0 Å². The molecule has 3 aromatic rings. The van der Waals surface area contributed by atoms with Gasteiger partial charge in [0.2, 0.25) is 0 Å². The Hall–Kier alpha value is -2.07. The predicted molar refractivity (Wildman–Crippen MR) is 68.0 cm³/mol. The van der Waals surface area contributed by atoms with E-state index in [1.807, 2.05) is 51.9 Å². The van der Waals surface area contributed by atoms with E-state index in [4.69, 9.17) is 4.74 Å². The number of rotatable bonds is 3. The highest BCUT2D eigenvalue weighted by Gasteiger charge is 1.99. The third kappa shape index (κ3) is 2.21. The molecule has 0 bridgehead atoms. The van der Waals surface area contributed by atoms with E-state index in [0.29, 0.717) is 0 Å². The standard InChI is InChI=1S/C13H10N2OS/c1-3-12(16-13-5-8-17-9-13)4-2-11(1)15-7-6-14-10-15/h1-10H. The fourth-order valence-electron chi connectivity index (χ4n) is 1.54. The lowest BCUT2D eigenvalue weighted by Gasteiger charge is -2.05. The normalized spacial score (nSPS) is 10.4. The number of hydrogen-bond acceptors (Lipinski definition) is 3. The third-order valence-corrected chi connectivity index (χ3v) is 3.03. The Morgan fingerprint density at radius 2 is 1.94 bits per heavy atom. The summed E-state index contributed by atoms with van der Waals surface area (Å²) < 4.78 is 7.63. The molecule has 0 fully saturated rings. The molecule has 0 aliphatic heterocycles. The number of imidazole rings is 1. The fraction of sp³-hybridized carbons (Fsp3) is 0. The molecule has 4 heteroatoms. The van der Waals surface area contributed by atoms with Gasteiger partial charge in [-0.25, -0.2) is 4.98 Å². The number of hydrogen-bond donors (Lipinski definition) is 0. The molecular formula is C13H10N2OS. The van der Waals surface area contributed by atoms with Crippen molar-refractivity contribution in [1.82, 2.24) is 9.55 Å². The lowest BCUT2D eigenvalue weighted by atomic mass is 10.3. The number of benzene rings is 1. The Balaban J connectivity index is 1.81. The summed E-state index contributed by atoms with van der Waals surface area (Å²) in [5.74, 6) is 1.72. The van der Waals surface area contributed by atoms with Crippen molar-refractivity contribution in [3.8, 4) is 17.2 Å². The van der Waals surface area contributed by atoms with E-state index in [1.165, 1.54) is 0 Å². The minimum absolute atomic E-state index is 0.840. The molecule has 3 rings (SSSR count). The zero-order valence-electron chi connectivity index (χ0n) is 8.98. The number of aromatic nitrogens is 2. The maximum absolute atomic E-state index is 5.68. The maximum Gasteiger partial charge on any atom is 0.138 e. The van der Waals surface area contributed by atoms with E-state index >= 15 is 0 Å². The molecular weight excluding hydrogens is 232 g/mol. The zero-order valence-corrected chi connectivity index (χ0v) is 9.80. The molecule has 0 unspecified atom stereocenters. The molecule has 2 aromatic heterocycles. The topological polar surface area (TPSA) is 27.1 Å². The second-order valence-electron chi connectivity index (χ2n) is 3.52. The number of ether oxygens (including phenoxy) is 1. The van der Waals surface area contributed by atoms with Gasteiger partial charge in [0.1, 0.15) is 11.5 Å². The van der Waals surface area contributed by atoms with Crippen molar-refractivity contribution in [3.63, 3.8) is 0 Å². The molecule has 1 aromatic carbocycles. The van der Waals surface area contributed by atoms with Gasteiger partial charge in [0.05, 0.1) is 6.33 Å². The van der Waals surface area contributed by atoms with Crippen molar-refractivity contribution < 1.29 is 4.74 Å². The molecule has 3 nitrogen and oxygen atoms in total. The Morgan fingerprint density at radius 3 is 2.59 bits per heavy atom. The molecule has 0 amide bonds. The van der Waals surface area contributed by atoms with E-state index in [2.05, 4.69) is 4.98 Å². The van der Waals surface area contributed by atoms with Crippen molar-refractivity contribution in [3.05, 3.63) is 59.8 Å². The van der Waals surface area contributed by atoms with Gasteiger partial charge in [-0.3, -0.25) is 0 Å². The van der Waals surface area contributed by atoms with Crippen LogP contribution >= 0.6 is 11.3 Å². The fourth-order valence-corrected chi connectivity index (χ4v) is 2.10. The van der Waals surface area contributed by atoms with Crippen LogP contribution in [0.25, 0.3) is 5.69 Å². The van der Waals surface area contributed by atoms with Crippen LogP contribution in [-0.2, 0) is 0 Å². The minimum atomic E-state index is 0.840. The van der Waals surface area contributed by atoms with Crippen molar-refractivity contribution in [2.75, 3.05) is 0 Å². The van der Waals surface area contributed by atoms with Gasteiger partial charge < -0.3 is 9.30 Å². The Kier molecular flexibility index (Phi) is 2.63. The van der Waals surface area contributed by atoms with Gasteiger partial charge >= 0.3 is 0 Å². The average molecular weight is 242 g/mol. The zero-order chi connectivity index (χ0) is 11.5. The molecule has 0 spiro atoms. The van der Waals surface area contributed by atoms with Gasteiger partial charge in [-0.2, -0.15) is 0 Å². The highest BCUT2D eigenvalue weighted by atomic mass is 32.1. The van der Waals surface area contributed by atoms with Gasteiger partial charge in [0.25, 0.3) is 0 Å².